The zero-order chi connectivity index (χ0) is 21.0. The lowest BCUT2D eigenvalue weighted by Gasteiger charge is -2.16. The molecule has 0 saturated carbocycles. The van der Waals surface area contributed by atoms with Gasteiger partial charge in [0.25, 0.3) is 11.4 Å². The van der Waals surface area contributed by atoms with Crippen LogP contribution in [0, 0.1) is 17.1 Å². The van der Waals surface area contributed by atoms with Crippen molar-refractivity contribution in [1.29, 1.82) is 5.26 Å². The van der Waals surface area contributed by atoms with Crippen LogP contribution in [0.2, 0.25) is 0 Å². The summed E-state index contributed by atoms with van der Waals surface area (Å²) >= 11 is 0. The standard InChI is InChI=1S/C20H17FN6O3/c1-10(2)27-16-11(8-22)12(21)5-6-13(16)26-9-23-15(17(26)20(27)28)18-24-19(30-25-18)14-4-3-7-29-14/h5-6,9-10,14H,3-4,7H2,1-2H3. The fourth-order valence-electron chi connectivity index (χ4n) is 3.94. The lowest BCUT2D eigenvalue weighted by atomic mass is 10.1. The lowest BCUT2D eigenvalue weighted by molar-refractivity contribution is 0.0835. The SMILES string of the molecule is CC(C)n1c(=O)c2c(-c3noc(C4CCCO4)n3)ncn2c2ccc(F)c(C#N)c21. The molecule has 9 nitrogen and oxygen atoms in total. The number of ether oxygens (including phenoxy) is 1. The Labute approximate surface area is 169 Å². The summed E-state index contributed by atoms with van der Waals surface area (Å²) in [5, 5.41) is 13.5. The number of benzene rings is 1. The Balaban J connectivity index is 1.82. The molecule has 5 rings (SSSR count). The minimum atomic E-state index is -0.683. The number of fused-ring (bicyclic) bond motifs is 3. The Kier molecular flexibility index (Phi) is 4.15. The summed E-state index contributed by atoms with van der Waals surface area (Å²) < 4.78 is 28.2. The van der Waals surface area contributed by atoms with Gasteiger partial charge >= 0.3 is 0 Å². The summed E-state index contributed by atoms with van der Waals surface area (Å²) in [5.74, 6) is -0.155. The van der Waals surface area contributed by atoms with Crippen molar-refractivity contribution in [3.8, 4) is 17.6 Å². The first-order chi connectivity index (χ1) is 14.5. The molecule has 10 heteroatoms. The first-order valence-corrected chi connectivity index (χ1v) is 9.60. The van der Waals surface area contributed by atoms with E-state index >= 15 is 0 Å². The average molecular weight is 408 g/mol. The molecule has 0 radical (unpaired) electrons. The van der Waals surface area contributed by atoms with Gasteiger partial charge in [-0.2, -0.15) is 10.2 Å². The molecule has 1 saturated heterocycles. The van der Waals surface area contributed by atoms with Crippen LogP contribution in [0.1, 0.15) is 50.3 Å². The van der Waals surface area contributed by atoms with Crippen molar-refractivity contribution >= 4 is 16.6 Å². The quantitative estimate of drug-likeness (QED) is 0.512. The van der Waals surface area contributed by atoms with Gasteiger partial charge in [0.1, 0.15) is 41.1 Å². The van der Waals surface area contributed by atoms with E-state index in [0.29, 0.717) is 18.0 Å². The highest BCUT2D eigenvalue weighted by molar-refractivity contribution is 5.87. The zero-order valence-electron chi connectivity index (χ0n) is 16.3. The topological polar surface area (TPSA) is 111 Å². The highest BCUT2D eigenvalue weighted by Gasteiger charge is 2.27. The summed E-state index contributed by atoms with van der Waals surface area (Å²) in [7, 11) is 0. The molecule has 1 fully saturated rings. The number of halogens is 1. The number of hydrogen-bond donors (Lipinski definition) is 0. The first kappa shape index (κ1) is 18.4. The highest BCUT2D eigenvalue weighted by atomic mass is 19.1. The maximum atomic E-state index is 14.3. The summed E-state index contributed by atoms with van der Waals surface area (Å²) in [4.78, 5) is 22.2. The van der Waals surface area contributed by atoms with Gasteiger partial charge in [0.05, 0.1) is 11.0 Å². The third kappa shape index (κ3) is 2.55. The Morgan fingerprint density at radius 3 is 2.87 bits per heavy atom. The molecule has 1 atom stereocenters. The van der Waals surface area contributed by atoms with E-state index in [1.807, 2.05) is 6.07 Å². The molecule has 4 aromatic rings. The van der Waals surface area contributed by atoms with Crippen LogP contribution >= 0.6 is 0 Å². The van der Waals surface area contributed by atoms with Crippen LogP contribution in [0.3, 0.4) is 0 Å². The van der Waals surface area contributed by atoms with E-state index in [2.05, 4.69) is 15.1 Å². The molecular formula is C20H17FN6O3. The van der Waals surface area contributed by atoms with Gasteiger partial charge in [0.2, 0.25) is 5.82 Å². The number of nitriles is 1. The molecular weight excluding hydrogens is 391 g/mol. The van der Waals surface area contributed by atoms with Gasteiger partial charge in [0.15, 0.2) is 0 Å². The third-order valence-corrected chi connectivity index (χ3v) is 5.28. The molecule has 0 spiro atoms. The number of hydrogen-bond acceptors (Lipinski definition) is 7. The van der Waals surface area contributed by atoms with Crippen molar-refractivity contribution in [2.45, 2.75) is 38.8 Å². The second-order valence-electron chi connectivity index (χ2n) is 7.44. The van der Waals surface area contributed by atoms with Crippen LogP contribution in [0.25, 0.3) is 28.1 Å². The van der Waals surface area contributed by atoms with Crippen molar-refractivity contribution in [2.75, 3.05) is 6.61 Å². The summed E-state index contributed by atoms with van der Waals surface area (Å²) in [6, 6.07) is 4.28. The van der Waals surface area contributed by atoms with Crippen LogP contribution in [-0.2, 0) is 4.74 Å². The van der Waals surface area contributed by atoms with Gasteiger partial charge in [-0.05, 0) is 38.8 Å². The van der Waals surface area contributed by atoms with E-state index in [1.165, 1.54) is 27.4 Å². The normalized spacial score (nSPS) is 16.7. The molecule has 30 heavy (non-hydrogen) atoms. The highest BCUT2D eigenvalue weighted by Crippen LogP contribution is 2.30. The molecule has 4 heterocycles. The molecule has 0 N–H and O–H groups in total. The minimum absolute atomic E-state index is 0.178. The van der Waals surface area contributed by atoms with Crippen LogP contribution in [0.5, 0.6) is 0 Å². The lowest BCUT2D eigenvalue weighted by Crippen LogP contribution is -2.25. The molecule has 1 aliphatic rings. The Morgan fingerprint density at radius 2 is 2.17 bits per heavy atom. The van der Waals surface area contributed by atoms with E-state index in [1.54, 1.807) is 13.8 Å². The molecule has 1 unspecified atom stereocenters. The second-order valence-corrected chi connectivity index (χ2v) is 7.44. The summed E-state index contributed by atoms with van der Waals surface area (Å²) in [6.07, 6.45) is 2.90. The van der Waals surface area contributed by atoms with E-state index in [0.717, 1.165) is 12.8 Å². The van der Waals surface area contributed by atoms with Crippen molar-refractivity contribution < 1.29 is 13.7 Å². The fraction of sp³-hybridized carbons (Fsp3) is 0.350. The van der Waals surface area contributed by atoms with E-state index < -0.39 is 11.4 Å². The minimum Gasteiger partial charge on any atom is -0.368 e. The second kappa shape index (κ2) is 6.74. The van der Waals surface area contributed by atoms with Crippen molar-refractivity contribution in [3.63, 3.8) is 0 Å². The van der Waals surface area contributed by atoms with E-state index in [4.69, 9.17) is 9.26 Å². The average Bonchev–Trinajstić information content (AvgIpc) is 3.46. The molecule has 3 aromatic heterocycles. The van der Waals surface area contributed by atoms with Crippen molar-refractivity contribution in [1.82, 2.24) is 24.1 Å². The Bertz CT molecular complexity index is 1390. The molecule has 1 aromatic carbocycles. The summed E-state index contributed by atoms with van der Waals surface area (Å²) in [5.41, 5.74) is 0.588. The fourth-order valence-corrected chi connectivity index (χ4v) is 3.94. The van der Waals surface area contributed by atoms with Gasteiger partial charge in [-0.15, -0.1) is 0 Å². The smallest absolute Gasteiger partial charge is 0.278 e. The monoisotopic (exact) mass is 408 g/mol. The van der Waals surface area contributed by atoms with Gasteiger partial charge < -0.3 is 13.8 Å². The Hall–Kier alpha value is -3.58. The van der Waals surface area contributed by atoms with Crippen LogP contribution in [-0.4, -0.2) is 30.7 Å². The Morgan fingerprint density at radius 1 is 1.33 bits per heavy atom. The number of aromatic nitrogens is 5. The van der Waals surface area contributed by atoms with Gasteiger partial charge in [-0.3, -0.25) is 9.20 Å². The maximum Gasteiger partial charge on any atom is 0.278 e. The van der Waals surface area contributed by atoms with Gasteiger partial charge in [-0.1, -0.05) is 5.16 Å². The van der Waals surface area contributed by atoms with Gasteiger partial charge in [0, 0.05) is 12.6 Å². The number of rotatable bonds is 3. The predicted molar refractivity (Wildman–Crippen MR) is 103 cm³/mol. The molecule has 152 valence electrons. The molecule has 0 bridgehead atoms. The van der Waals surface area contributed by atoms with Crippen molar-refractivity contribution in [3.05, 3.63) is 46.1 Å². The third-order valence-electron chi connectivity index (χ3n) is 5.28. The molecule has 1 aliphatic heterocycles. The number of nitrogens with zero attached hydrogens (tertiary/aromatic N) is 6. The van der Waals surface area contributed by atoms with E-state index in [9.17, 15) is 14.4 Å². The number of imidazole rings is 1. The first-order valence-electron chi connectivity index (χ1n) is 9.60. The maximum absolute atomic E-state index is 14.3. The largest absolute Gasteiger partial charge is 0.368 e. The van der Waals surface area contributed by atoms with Crippen LogP contribution < -0.4 is 5.56 Å². The molecule has 0 amide bonds. The zero-order valence-corrected chi connectivity index (χ0v) is 16.3. The summed E-state index contributed by atoms with van der Waals surface area (Å²) in [6.45, 7) is 4.23. The van der Waals surface area contributed by atoms with Crippen LogP contribution in [0.4, 0.5) is 4.39 Å². The van der Waals surface area contributed by atoms with Crippen molar-refractivity contribution in [2.24, 2.45) is 0 Å². The van der Waals surface area contributed by atoms with Crippen LogP contribution in [0.15, 0.2) is 27.8 Å². The van der Waals surface area contributed by atoms with E-state index in [-0.39, 0.29) is 40.3 Å². The predicted octanol–water partition coefficient (Wildman–Crippen LogP) is 3.14. The molecule has 0 aliphatic carbocycles. The van der Waals surface area contributed by atoms with Gasteiger partial charge in [-0.25, -0.2) is 9.37 Å².